The Hall–Kier alpha value is -3.86. The van der Waals surface area contributed by atoms with Gasteiger partial charge in [0.15, 0.2) is 17.4 Å². The second-order valence-corrected chi connectivity index (χ2v) is 6.78. The van der Waals surface area contributed by atoms with Crippen molar-refractivity contribution < 1.29 is 23.6 Å². The van der Waals surface area contributed by atoms with Gasteiger partial charge >= 0.3 is 5.97 Å². The van der Waals surface area contributed by atoms with Crippen molar-refractivity contribution in [3.63, 3.8) is 0 Å². The number of rotatable bonds is 8. The van der Waals surface area contributed by atoms with Crippen molar-refractivity contribution in [2.45, 2.75) is 6.54 Å². The number of nitrogens with one attached hydrogen (secondary N) is 2. The maximum absolute atomic E-state index is 13.1. The SMILES string of the molecule is O=C(COC(=O)c1csc(NCc2ccccc2)n1)Nc1ccc(F)cc1[N+](=O)[O-]. The Morgan fingerprint density at radius 2 is 1.97 bits per heavy atom. The summed E-state index contributed by atoms with van der Waals surface area (Å²) in [7, 11) is 0. The molecule has 3 aromatic rings. The number of esters is 1. The van der Waals surface area contributed by atoms with Gasteiger partial charge in [-0.05, 0) is 17.7 Å². The molecule has 0 fully saturated rings. The zero-order chi connectivity index (χ0) is 21.5. The molecular formula is C19H15FN4O5S. The number of carbonyl (C=O) groups is 2. The van der Waals surface area contributed by atoms with Crippen LogP contribution >= 0.6 is 11.3 Å². The first-order valence-corrected chi connectivity index (χ1v) is 9.44. The molecule has 0 aliphatic carbocycles. The summed E-state index contributed by atoms with van der Waals surface area (Å²) in [6.07, 6.45) is 0. The number of anilines is 2. The predicted molar refractivity (Wildman–Crippen MR) is 108 cm³/mol. The fraction of sp³-hybridized carbons (Fsp3) is 0.105. The van der Waals surface area contributed by atoms with E-state index in [1.165, 1.54) is 16.7 Å². The summed E-state index contributed by atoms with van der Waals surface area (Å²) >= 11 is 1.21. The van der Waals surface area contributed by atoms with Crippen LogP contribution in [0.25, 0.3) is 0 Å². The van der Waals surface area contributed by atoms with Gasteiger partial charge in [-0.3, -0.25) is 14.9 Å². The maximum Gasteiger partial charge on any atom is 0.358 e. The monoisotopic (exact) mass is 430 g/mol. The number of nitrogens with zero attached hydrogens (tertiary/aromatic N) is 2. The molecule has 0 aliphatic rings. The van der Waals surface area contributed by atoms with E-state index in [-0.39, 0.29) is 11.4 Å². The molecule has 0 spiro atoms. The van der Waals surface area contributed by atoms with E-state index in [1.54, 1.807) is 0 Å². The Morgan fingerprint density at radius 3 is 2.70 bits per heavy atom. The van der Waals surface area contributed by atoms with Crippen molar-refractivity contribution in [1.29, 1.82) is 0 Å². The lowest BCUT2D eigenvalue weighted by molar-refractivity contribution is -0.384. The minimum Gasteiger partial charge on any atom is -0.451 e. The molecule has 0 atom stereocenters. The molecular weight excluding hydrogens is 415 g/mol. The van der Waals surface area contributed by atoms with E-state index in [0.29, 0.717) is 17.7 Å². The molecule has 0 aliphatic heterocycles. The standard InChI is InChI=1S/C19H15FN4O5S/c20-13-6-7-14(16(8-13)24(27)28)22-17(25)10-29-18(26)15-11-30-19(23-15)21-9-12-4-2-1-3-5-12/h1-8,11H,9-10H2,(H,21,23)(H,22,25). The molecule has 9 nitrogen and oxygen atoms in total. The number of hydrogen-bond donors (Lipinski definition) is 2. The first-order valence-electron chi connectivity index (χ1n) is 8.56. The van der Waals surface area contributed by atoms with Crippen LogP contribution in [-0.4, -0.2) is 28.4 Å². The molecule has 0 saturated carbocycles. The van der Waals surface area contributed by atoms with E-state index in [4.69, 9.17) is 4.74 Å². The molecule has 1 heterocycles. The first-order chi connectivity index (χ1) is 14.4. The number of ether oxygens (including phenoxy) is 1. The van der Waals surface area contributed by atoms with Gasteiger partial charge in [0.25, 0.3) is 11.6 Å². The summed E-state index contributed by atoms with van der Waals surface area (Å²) in [6, 6.07) is 12.3. The maximum atomic E-state index is 13.1. The van der Waals surface area contributed by atoms with Gasteiger partial charge in [-0.2, -0.15) is 0 Å². The number of nitro groups is 1. The van der Waals surface area contributed by atoms with E-state index in [2.05, 4.69) is 15.6 Å². The van der Waals surface area contributed by atoms with Crippen LogP contribution in [0.2, 0.25) is 0 Å². The summed E-state index contributed by atoms with van der Waals surface area (Å²) in [6.45, 7) is -0.153. The van der Waals surface area contributed by atoms with Gasteiger partial charge in [0.2, 0.25) is 0 Å². The fourth-order valence-corrected chi connectivity index (χ4v) is 3.05. The van der Waals surface area contributed by atoms with Gasteiger partial charge < -0.3 is 15.4 Å². The molecule has 0 radical (unpaired) electrons. The Morgan fingerprint density at radius 1 is 1.20 bits per heavy atom. The van der Waals surface area contributed by atoms with E-state index >= 15 is 0 Å². The van der Waals surface area contributed by atoms with Crippen LogP contribution in [0.4, 0.5) is 20.9 Å². The second kappa shape index (κ2) is 9.56. The topological polar surface area (TPSA) is 123 Å². The van der Waals surface area contributed by atoms with Gasteiger partial charge in [0.05, 0.1) is 11.0 Å². The van der Waals surface area contributed by atoms with Crippen LogP contribution in [-0.2, 0) is 16.1 Å². The van der Waals surface area contributed by atoms with Crippen molar-refractivity contribution in [2.75, 3.05) is 17.2 Å². The van der Waals surface area contributed by atoms with E-state index in [9.17, 15) is 24.1 Å². The van der Waals surface area contributed by atoms with Crippen molar-refractivity contribution in [1.82, 2.24) is 4.98 Å². The molecule has 1 amide bonds. The van der Waals surface area contributed by atoms with Gasteiger partial charge in [-0.15, -0.1) is 11.3 Å². The summed E-state index contributed by atoms with van der Waals surface area (Å²) in [5, 5.41) is 18.2. The highest BCUT2D eigenvalue weighted by molar-refractivity contribution is 7.13. The summed E-state index contributed by atoms with van der Waals surface area (Å²) < 4.78 is 18.0. The Bertz CT molecular complexity index is 1070. The minimum absolute atomic E-state index is 0.0242. The molecule has 0 bridgehead atoms. The molecule has 2 N–H and O–H groups in total. The Labute approximate surface area is 173 Å². The third-order valence-electron chi connectivity index (χ3n) is 3.76. The normalized spacial score (nSPS) is 10.3. The van der Waals surface area contributed by atoms with Crippen molar-refractivity contribution in [3.05, 3.63) is 81.1 Å². The average molecular weight is 430 g/mol. The second-order valence-electron chi connectivity index (χ2n) is 5.92. The van der Waals surface area contributed by atoms with Crippen molar-refractivity contribution in [3.8, 4) is 0 Å². The Balaban J connectivity index is 1.51. The predicted octanol–water partition coefficient (Wildman–Crippen LogP) is 3.60. The molecule has 154 valence electrons. The number of nitro benzene ring substituents is 1. The quantitative estimate of drug-likeness (QED) is 0.318. The molecule has 2 aromatic carbocycles. The lowest BCUT2D eigenvalue weighted by atomic mass is 10.2. The fourth-order valence-electron chi connectivity index (χ4n) is 2.38. The van der Waals surface area contributed by atoms with Gasteiger partial charge in [0.1, 0.15) is 11.5 Å². The molecule has 0 unspecified atom stereocenters. The van der Waals surface area contributed by atoms with Gasteiger partial charge in [-0.1, -0.05) is 30.3 Å². The van der Waals surface area contributed by atoms with E-state index in [0.717, 1.165) is 17.7 Å². The lowest BCUT2D eigenvalue weighted by Crippen LogP contribution is -2.21. The van der Waals surface area contributed by atoms with Crippen molar-refractivity contribution in [2.24, 2.45) is 0 Å². The zero-order valence-corrected chi connectivity index (χ0v) is 16.1. The average Bonchev–Trinajstić information content (AvgIpc) is 3.21. The lowest BCUT2D eigenvalue weighted by Gasteiger charge is -2.06. The molecule has 3 rings (SSSR count). The minimum atomic E-state index is -0.829. The van der Waals surface area contributed by atoms with Crippen molar-refractivity contribution >= 4 is 39.7 Å². The number of aromatic nitrogens is 1. The van der Waals surface area contributed by atoms with Crippen LogP contribution in [0.15, 0.2) is 53.9 Å². The summed E-state index contributed by atoms with van der Waals surface area (Å²) in [5.74, 6) is -2.44. The third-order valence-corrected chi connectivity index (χ3v) is 4.56. The van der Waals surface area contributed by atoms with E-state index in [1.807, 2.05) is 30.3 Å². The van der Waals surface area contributed by atoms with Crippen LogP contribution in [0, 0.1) is 15.9 Å². The van der Waals surface area contributed by atoms with Gasteiger partial charge in [0, 0.05) is 11.9 Å². The number of halogens is 1. The van der Waals surface area contributed by atoms with E-state index < -0.39 is 34.9 Å². The third kappa shape index (κ3) is 5.58. The number of hydrogen-bond acceptors (Lipinski definition) is 8. The van der Waals surface area contributed by atoms with Crippen LogP contribution in [0.1, 0.15) is 16.1 Å². The Kier molecular flexibility index (Phi) is 6.65. The molecule has 30 heavy (non-hydrogen) atoms. The van der Waals surface area contributed by atoms with Crippen LogP contribution in [0.3, 0.4) is 0 Å². The summed E-state index contributed by atoms with van der Waals surface area (Å²) in [4.78, 5) is 38.2. The van der Waals surface area contributed by atoms with Gasteiger partial charge in [-0.25, -0.2) is 14.2 Å². The highest BCUT2D eigenvalue weighted by Gasteiger charge is 2.19. The zero-order valence-electron chi connectivity index (χ0n) is 15.3. The summed E-state index contributed by atoms with van der Waals surface area (Å²) in [5.41, 5.74) is 0.256. The largest absolute Gasteiger partial charge is 0.451 e. The van der Waals surface area contributed by atoms with Crippen LogP contribution in [0.5, 0.6) is 0 Å². The number of benzene rings is 2. The highest BCUT2D eigenvalue weighted by Crippen LogP contribution is 2.25. The molecule has 1 aromatic heterocycles. The molecule has 0 saturated heterocycles. The number of amides is 1. The number of carbonyl (C=O) groups excluding carboxylic acids is 2. The van der Waals surface area contributed by atoms with Crippen LogP contribution < -0.4 is 10.6 Å². The highest BCUT2D eigenvalue weighted by atomic mass is 32.1. The smallest absolute Gasteiger partial charge is 0.358 e. The molecule has 11 heteroatoms. The first kappa shape index (κ1) is 20.9. The number of thiazole rings is 1.